The average Bonchev–Trinajstić information content (AvgIpc) is 2.65. The van der Waals surface area contributed by atoms with Crippen LogP contribution in [0.3, 0.4) is 0 Å². The Morgan fingerprint density at radius 3 is 2.33 bits per heavy atom. The highest BCUT2D eigenvalue weighted by Crippen LogP contribution is 2.19. The molecular weight excluding hydrogens is 460 g/mol. The lowest BCUT2D eigenvalue weighted by Gasteiger charge is -2.13. The predicted octanol–water partition coefficient (Wildman–Crippen LogP) is 3.68. The molecule has 0 spiro atoms. The lowest BCUT2D eigenvalue weighted by Crippen LogP contribution is -2.37. The summed E-state index contributed by atoms with van der Waals surface area (Å²) in [6.07, 6.45) is 0.842. The van der Waals surface area contributed by atoms with Crippen molar-refractivity contribution in [1.82, 2.24) is 10.6 Å². The summed E-state index contributed by atoms with van der Waals surface area (Å²) in [4.78, 5) is 4.19. The highest BCUT2D eigenvalue weighted by atomic mass is 127. The second kappa shape index (κ2) is 11.6. The number of hydrogen-bond acceptors (Lipinski definition) is 3. The van der Waals surface area contributed by atoms with Gasteiger partial charge in [0.25, 0.3) is 0 Å². The molecule has 0 aliphatic rings. The number of rotatable bonds is 7. The van der Waals surface area contributed by atoms with Gasteiger partial charge in [-0.2, -0.15) is 0 Å². The minimum absolute atomic E-state index is 0. The molecule has 148 valence electrons. The van der Waals surface area contributed by atoms with E-state index in [1.54, 1.807) is 20.2 Å². The zero-order chi connectivity index (χ0) is 18.9. The van der Waals surface area contributed by atoms with Crippen LogP contribution in [0.15, 0.2) is 41.4 Å². The van der Waals surface area contributed by atoms with E-state index in [9.17, 15) is 4.39 Å². The molecule has 0 bridgehead atoms. The van der Waals surface area contributed by atoms with Gasteiger partial charge in [0.05, 0.1) is 14.2 Å². The predicted molar refractivity (Wildman–Crippen MR) is 118 cm³/mol. The van der Waals surface area contributed by atoms with E-state index in [-0.39, 0.29) is 35.5 Å². The smallest absolute Gasteiger partial charge is 0.191 e. The Morgan fingerprint density at radius 1 is 1.00 bits per heavy atom. The molecule has 0 radical (unpaired) electrons. The number of benzene rings is 2. The molecular formula is C20H27FIN3O2. The largest absolute Gasteiger partial charge is 0.496 e. The summed E-state index contributed by atoms with van der Waals surface area (Å²) in [5.41, 5.74) is 3.12. The van der Waals surface area contributed by atoms with Gasteiger partial charge in [-0.15, -0.1) is 24.0 Å². The lowest BCUT2D eigenvalue weighted by atomic mass is 10.1. The maximum Gasteiger partial charge on any atom is 0.191 e. The van der Waals surface area contributed by atoms with Crippen LogP contribution in [0, 0.1) is 12.7 Å². The van der Waals surface area contributed by atoms with Crippen LogP contribution < -0.4 is 20.1 Å². The molecule has 27 heavy (non-hydrogen) atoms. The topological polar surface area (TPSA) is 54.9 Å². The van der Waals surface area contributed by atoms with E-state index in [0.29, 0.717) is 12.5 Å². The molecule has 0 amide bonds. The van der Waals surface area contributed by atoms with E-state index in [2.05, 4.69) is 27.8 Å². The van der Waals surface area contributed by atoms with Crippen molar-refractivity contribution in [1.29, 1.82) is 0 Å². The third kappa shape index (κ3) is 6.89. The van der Waals surface area contributed by atoms with Crippen molar-refractivity contribution in [3.63, 3.8) is 0 Å². The second-order valence-electron chi connectivity index (χ2n) is 5.88. The number of methoxy groups -OCH3 is 2. The molecule has 0 aromatic heterocycles. The van der Waals surface area contributed by atoms with Gasteiger partial charge in [0.2, 0.25) is 0 Å². The Hall–Kier alpha value is -2.03. The van der Waals surface area contributed by atoms with Crippen LogP contribution in [0.2, 0.25) is 0 Å². The zero-order valence-corrected chi connectivity index (χ0v) is 18.5. The minimum Gasteiger partial charge on any atom is -0.496 e. The molecule has 5 nitrogen and oxygen atoms in total. The lowest BCUT2D eigenvalue weighted by molar-refractivity contribution is 0.386. The van der Waals surface area contributed by atoms with Gasteiger partial charge >= 0.3 is 0 Å². The first-order valence-electron chi connectivity index (χ1n) is 8.47. The first-order chi connectivity index (χ1) is 12.6. The Bertz CT molecular complexity index is 769. The molecule has 2 aromatic rings. The Kier molecular flexibility index (Phi) is 9.92. The second-order valence-corrected chi connectivity index (χ2v) is 5.88. The van der Waals surface area contributed by atoms with Crippen LogP contribution in [0.25, 0.3) is 0 Å². The summed E-state index contributed by atoms with van der Waals surface area (Å²) >= 11 is 0. The summed E-state index contributed by atoms with van der Waals surface area (Å²) in [6, 6.07) is 11.1. The summed E-state index contributed by atoms with van der Waals surface area (Å²) in [6.45, 7) is 3.22. The summed E-state index contributed by atoms with van der Waals surface area (Å²) < 4.78 is 24.0. The monoisotopic (exact) mass is 487 g/mol. The van der Waals surface area contributed by atoms with Crippen molar-refractivity contribution in [2.45, 2.75) is 19.9 Å². The number of ether oxygens (including phenoxy) is 2. The molecule has 7 heteroatoms. The van der Waals surface area contributed by atoms with Crippen molar-refractivity contribution < 1.29 is 13.9 Å². The number of nitrogens with zero attached hydrogens (tertiary/aromatic N) is 1. The highest BCUT2D eigenvalue weighted by molar-refractivity contribution is 14.0. The number of halogens is 2. The summed E-state index contributed by atoms with van der Waals surface area (Å²) in [5, 5.41) is 6.43. The molecule has 0 saturated carbocycles. The van der Waals surface area contributed by atoms with Gasteiger partial charge in [0.1, 0.15) is 5.75 Å². The Labute approximate surface area is 177 Å². The quantitative estimate of drug-likeness (QED) is 0.356. The molecule has 0 fully saturated rings. The number of hydrogen-bond donors (Lipinski definition) is 2. The molecule has 0 saturated heterocycles. The molecule has 0 unspecified atom stereocenters. The first-order valence-corrected chi connectivity index (χ1v) is 8.47. The fourth-order valence-electron chi connectivity index (χ4n) is 2.57. The third-order valence-electron chi connectivity index (χ3n) is 4.08. The van der Waals surface area contributed by atoms with Gasteiger partial charge in [-0.25, -0.2) is 4.39 Å². The number of guanidine groups is 1. The van der Waals surface area contributed by atoms with E-state index in [1.165, 1.54) is 18.7 Å². The SMILES string of the molecule is CN=C(NCCc1ccc(C)c(OC)c1)NCc1ccc(OC)c(F)c1.I. The van der Waals surface area contributed by atoms with E-state index in [4.69, 9.17) is 9.47 Å². The Morgan fingerprint density at radius 2 is 1.70 bits per heavy atom. The molecule has 2 aromatic carbocycles. The van der Waals surface area contributed by atoms with Gasteiger partial charge in [0.15, 0.2) is 17.5 Å². The number of nitrogens with one attached hydrogen (secondary N) is 2. The van der Waals surface area contributed by atoms with E-state index >= 15 is 0 Å². The van der Waals surface area contributed by atoms with Crippen molar-refractivity contribution in [2.75, 3.05) is 27.8 Å². The Balaban J connectivity index is 0.00000364. The van der Waals surface area contributed by atoms with Gasteiger partial charge in [-0.05, 0) is 48.2 Å². The fourth-order valence-corrected chi connectivity index (χ4v) is 2.57. The van der Waals surface area contributed by atoms with Crippen LogP contribution in [0.5, 0.6) is 11.5 Å². The molecule has 0 heterocycles. The van der Waals surface area contributed by atoms with Crippen molar-refractivity contribution in [3.05, 3.63) is 58.9 Å². The highest BCUT2D eigenvalue weighted by Gasteiger charge is 2.05. The van der Waals surface area contributed by atoms with Gasteiger partial charge < -0.3 is 20.1 Å². The zero-order valence-electron chi connectivity index (χ0n) is 16.1. The van der Waals surface area contributed by atoms with Crippen molar-refractivity contribution in [3.8, 4) is 11.5 Å². The number of aryl methyl sites for hydroxylation is 1. The minimum atomic E-state index is -0.372. The molecule has 0 aliphatic carbocycles. The van der Waals surface area contributed by atoms with Gasteiger partial charge in [-0.3, -0.25) is 4.99 Å². The first kappa shape index (κ1) is 23.0. The number of aliphatic imine (C=N–C) groups is 1. The third-order valence-corrected chi connectivity index (χ3v) is 4.08. The maximum atomic E-state index is 13.7. The molecule has 2 rings (SSSR count). The van der Waals surface area contributed by atoms with Crippen LogP contribution >= 0.6 is 24.0 Å². The van der Waals surface area contributed by atoms with Crippen LogP contribution in [0.1, 0.15) is 16.7 Å². The van der Waals surface area contributed by atoms with E-state index in [0.717, 1.165) is 29.8 Å². The average molecular weight is 487 g/mol. The molecule has 0 aliphatic heterocycles. The van der Waals surface area contributed by atoms with Crippen LogP contribution in [-0.4, -0.2) is 33.8 Å². The molecule has 2 N–H and O–H groups in total. The fraction of sp³-hybridized carbons (Fsp3) is 0.350. The van der Waals surface area contributed by atoms with Crippen molar-refractivity contribution >= 4 is 29.9 Å². The van der Waals surface area contributed by atoms with Crippen LogP contribution in [-0.2, 0) is 13.0 Å². The van der Waals surface area contributed by atoms with Gasteiger partial charge in [-0.1, -0.05) is 18.2 Å². The summed E-state index contributed by atoms with van der Waals surface area (Å²) in [7, 11) is 4.84. The standard InChI is InChI=1S/C20H26FN3O2.HI/c1-14-5-6-15(12-19(14)26-4)9-10-23-20(22-2)24-13-16-7-8-18(25-3)17(21)11-16;/h5-8,11-12H,9-10,13H2,1-4H3,(H2,22,23,24);1H. The molecule has 0 atom stereocenters. The van der Waals surface area contributed by atoms with Crippen molar-refractivity contribution in [2.24, 2.45) is 4.99 Å². The van der Waals surface area contributed by atoms with Gasteiger partial charge in [0, 0.05) is 20.1 Å². The summed E-state index contributed by atoms with van der Waals surface area (Å²) in [5.74, 6) is 1.43. The normalized spacial score (nSPS) is 10.8. The van der Waals surface area contributed by atoms with Crippen LogP contribution in [0.4, 0.5) is 4.39 Å². The maximum absolute atomic E-state index is 13.7. The van der Waals surface area contributed by atoms with E-state index in [1.807, 2.05) is 19.1 Å². The van der Waals surface area contributed by atoms with E-state index < -0.39 is 0 Å².